The predicted octanol–water partition coefficient (Wildman–Crippen LogP) is 5.26. The normalized spacial score (nSPS) is 10.8. The summed E-state index contributed by atoms with van der Waals surface area (Å²) in [5.74, 6) is 0.384. The maximum atomic E-state index is 13.2. The Kier molecular flexibility index (Phi) is 6.29. The standard InChI is InChI=1S/C23H20FN3O2S/c24-17-5-3-6-18(13-17)29-22-12-11-16(15-26-22)14-25-21(28)9-4-10-23-27-19-7-1-2-8-20(19)30-23/h1-3,5-8,11-13,15H,4,9-10,14H2,(H,25,28). The summed E-state index contributed by atoms with van der Waals surface area (Å²) < 4.78 is 19.9. The average Bonchev–Trinajstić information content (AvgIpc) is 3.16. The second kappa shape index (κ2) is 9.45. The SMILES string of the molecule is O=C(CCCc1nc2ccccc2s1)NCc1ccc(Oc2cccc(F)c2)nc1. The van der Waals surface area contributed by atoms with Gasteiger partial charge in [-0.25, -0.2) is 14.4 Å². The summed E-state index contributed by atoms with van der Waals surface area (Å²) in [5, 5.41) is 3.96. The van der Waals surface area contributed by atoms with E-state index in [1.807, 2.05) is 24.3 Å². The number of hydrogen-bond donors (Lipinski definition) is 1. The number of carbonyl (C=O) groups excluding carboxylic acids is 1. The quantitative estimate of drug-likeness (QED) is 0.421. The smallest absolute Gasteiger partial charge is 0.220 e. The maximum absolute atomic E-state index is 13.2. The van der Waals surface area contributed by atoms with Gasteiger partial charge in [0.15, 0.2) is 0 Å². The number of rotatable bonds is 8. The van der Waals surface area contributed by atoms with Crippen LogP contribution in [0.1, 0.15) is 23.4 Å². The molecule has 0 fully saturated rings. The van der Waals surface area contributed by atoms with Gasteiger partial charge in [-0.15, -0.1) is 11.3 Å². The number of benzene rings is 2. The molecule has 0 bridgehead atoms. The van der Waals surface area contributed by atoms with E-state index in [0.29, 0.717) is 24.6 Å². The van der Waals surface area contributed by atoms with Gasteiger partial charge in [-0.05, 0) is 42.7 Å². The average molecular weight is 421 g/mol. The summed E-state index contributed by atoms with van der Waals surface area (Å²) >= 11 is 1.68. The Labute approximate surface area is 177 Å². The molecule has 7 heteroatoms. The van der Waals surface area contributed by atoms with Crippen LogP contribution >= 0.6 is 11.3 Å². The van der Waals surface area contributed by atoms with Crippen LogP contribution in [0.2, 0.25) is 0 Å². The van der Waals surface area contributed by atoms with E-state index in [2.05, 4.69) is 21.4 Å². The molecule has 1 amide bonds. The second-order valence-corrected chi connectivity index (χ2v) is 7.88. The summed E-state index contributed by atoms with van der Waals surface area (Å²) in [5.41, 5.74) is 1.88. The van der Waals surface area contributed by atoms with Crippen LogP contribution in [0, 0.1) is 5.82 Å². The van der Waals surface area contributed by atoms with Crippen LogP contribution in [0.4, 0.5) is 4.39 Å². The Morgan fingerprint density at radius 2 is 2.00 bits per heavy atom. The van der Waals surface area contributed by atoms with Crippen LogP contribution in [0.15, 0.2) is 66.9 Å². The zero-order chi connectivity index (χ0) is 20.8. The van der Waals surface area contributed by atoms with E-state index < -0.39 is 0 Å². The largest absolute Gasteiger partial charge is 0.439 e. The molecule has 0 spiro atoms. The molecular weight excluding hydrogens is 401 g/mol. The van der Waals surface area contributed by atoms with Gasteiger partial charge in [-0.2, -0.15) is 0 Å². The summed E-state index contributed by atoms with van der Waals surface area (Å²) in [6, 6.07) is 17.5. The number of aromatic nitrogens is 2. The van der Waals surface area contributed by atoms with Gasteiger partial charge >= 0.3 is 0 Å². The van der Waals surface area contributed by atoms with Gasteiger partial charge in [0.25, 0.3) is 0 Å². The van der Waals surface area contributed by atoms with Crippen molar-refractivity contribution >= 4 is 27.5 Å². The third kappa shape index (κ3) is 5.39. The van der Waals surface area contributed by atoms with E-state index in [0.717, 1.165) is 28.9 Å². The number of halogens is 1. The van der Waals surface area contributed by atoms with E-state index in [9.17, 15) is 9.18 Å². The molecule has 0 unspecified atom stereocenters. The molecule has 0 radical (unpaired) electrons. The fourth-order valence-electron chi connectivity index (χ4n) is 2.94. The van der Waals surface area contributed by atoms with Crippen molar-refractivity contribution in [2.24, 2.45) is 0 Å². The number of amides is 1. The number of thiazole rings is 1. The van der Waals surface area contributed by atoms with Crippen LogP contribution in [0.25, 0.3) is 10.2 Å². The van der Waals surface area contributed by atoms with Crippen molar-refractivity contribution in [1.82, 2.24) is 15.3 Å². The first-order valence-corrected chi connectivity index (χ1v) is 10.5. The van der Waals surface area contributed by atoms with Crippen LogP contribution < -0.4 is 10.1 Å². The first-order chi connectivity index (χ1) is 14.7. The van der Waals surface area contributed by atoms with Crippen molar-refractivity contribution in [2.75, 3.05) is 0 Å². The summed E-state index contributed by atoms with van der Waals surface area (Å²) in [6.45, 7) is 0.396. The summed E-state index contributed by atoms with van der Waals surface area (Å²) in [4.78, 5) is 20.9. The number of para-hydroxylation sites is 1. The first kappa shape index (κ1) is 20.0. The van der Waals surface area contributed by atoms with E-state index >= 15 is 0 Å². The number of pyridine rings is 1. The molecule has 1 N–H and O–H groups in total. The van der Waals surface area contributed by atoms with Crippen molar-refractivity contribution in [3.63, 3.8) is 0 Å². The fraction of sp³-hybridized carbons (Fsp3) is 0.174. The van der Waals surface area contributed by atoms with Gasteiger partial charge in [0.05, 0.1) is 15.2 Å². The lowest BCUT2D eigenvalue weighted by Crippen LogP contribution is -2.22. The molecule has 2 aromatic carbocycles. The van der Waals surface area contributed by atoms with Crippen molar-refractivity contribution in [3.05, 3.63) is 83.2 Å². The van der Waals surface area contributed by atoms with Gasteiger partial charge in [0, 0.05) is 31.3 Å². The third-order valence-electron chi connectivity index (χ3n) is 4.44. The molecular formula is C23H20FN3O2S. The molecule has 0 atom stereocenters. The van der Waals surface area contributed by atoms with Crippen LogP contribution in [0.5, 0.6) is 11.6 Å². The van der Waals surface area contributed by atoms with Crippen molar-refractivity contribution in [1.29, 1.82) is 0 Å². The molecule has 0 saturated heterocycles. The van der Waals surface area contributed by atoms with E-state index in [1.165, 1.54) is 16.8 Å². The number of hydrogen-bond acceptors (Lipinski definition) is 5. The Balaban J connectivity index is 1.20. The lowest BCUT2D eigenvalue weighted by molar-refractivity contribution is -0.121. The minimum Gasteiger partial charge on any atom is -0.439 e. The van der Waals surface area contributed by atoms with Crippen LogP contribution in [-0.4, -0.2) is 15.9 Å². The molecule has 2 heterocycles. The van der Waals surface area contributed by atoms with Gasteiger partial charge in [-0.3, -0.25) is 4.79 Å². The maximum Gasteiger partial charge on any atom is 0.220 e. The molecule has 4 rings (SSSR count). The van der Waals surface area contributed by atoms with Crippen LogP contribution in [-0.2, 0) is 17.8 Å². The Hall–Kier alpha value is -3.32. The topological polar surface area (TPSA) is 64.1 Å². The highest BCUT2D eigenvalue weighted by molar-refractivity contribution is 7.18. The predicted molar refractivity (Wildman–Crippen MR) is 115 cm³/mol. The molecule has 0 saturated carbocycles. The lowest BCUT2D eigenvalue weighted by Gasteiger charge is -2.07. The molecule has 30 heavy (non-hydrogen) atoms. The highest BCUT2D eigenvalue weighted by atomic mass is 32.1. The van der Waals surface area contributed by atoms with E-state index in [1.54, 1.807) is 35.7 Å². The highest BCUT2D eigenvalue weighted by Crippen LogP contribution is 2.23. The second-order valence-electron chi connectivity index (χ2n) is 6.77. The first-order valence-electron chi connectivity index (χ1n) is 9.65. The van der Waals surface area contributed by atoms with Gasteiger partial charge in [0.1, 0.15) is 11.6 Å². The third-order valence-corrected chi connectivity index (χ3v) is 5.53. The molecule has 0 aliphatic heterocycles. The molecule has 4 aromatic rings. The zero-order valence-electron chi connectivity index (χ0n) is 16.2. The Morgan fingerprint density at radius 1 is 1.10 bits per heavy atom. The highest BCUT2D eigenvalue weighted by Gasteiger charge is 2.06. The molecule has 2 aromatic heterocycles. The molecule has 0 aliphatic rings. The van der Waals surface area contributed by atoms with Gasteiger partial charge in [-0.1, -0.05) is 24.3 Å². The number of fused-ring (bicyclic) bond motifs is 1. The van der Waals surface area contributed by atoms with Crippen LogP contribution in [0.3, 0.4) is 0 Å². The van der Waals surface area contributed by atoms with Crippen molar-refractivity contribution < 1.29 is 13.9 Å². The molecule has 152 valence electrons. The summed E-state index contributed by atoms with van der Waals surface area (Å²) in [6.07, 6.45) is 3.63. The monoisotopic (exact) mass is 421 g/mol. The fourth-order valence-corrected chi connectivity index (χ4v) is 3.95. The number of aryl methyl sites for hydroxylation is 1. The number of carbonyl (C=O) groups is 1. The number of nitrogens with one attached hydrogen (secondary N) is 1. The van der Waals surface area contributed by atoms with Gasteiger partial charge < -0.3 is 10.1 Å². The Morgan fingerprint density at radius 3 is 2.80 bits per heavy atom. The van der Waals surface area contributed by atoms with Gasteiger partial charge in [0.2, 0.25) is 11.8 Å². The Bertz CT molecular complexity index is 1110. The minimum absolute atomic E-state index is 0.00352. The minimum atomic E-state index is -0.366. The number of nitrogens with zero attached hydrogens (tertiary/aromatic N) is 2. The number of ether oxygens (including phenoxy) is 1. The molecule has 5 nitrogen and oxygen atoms in total. The van der Waals surface area contributed by atoms with Crippen molar-refractivity contribution in [3.8, 4) is 11.6 Å². The molecule has 0 aliphatic carbocycles. The van der Waals surface area contributed by atoms with E-state index in [-0.39, 0.29) is 11.7 Å². The van der Waals surface area contributed by atoms with Crippen molar-refractivity contribution in [2.45, 2.75) is 25.8 Å². The van der Waals surface area contributed by atoms with E-state index in [4.69, 9.17) is 4.74 Å². The summed E-state index contributed by atoms with van der Waals surface area (Å²) in [7, 11) is 0. The zero-order valence-corrected chi connectivity index (χ0v) is 17.0. The lowest BCUT2D eigenvalue weighted by atomic mass is 10.2.